The summed E-state index contributed by atoms with van der Waals surface area (Å²) in [5, 5.41) is 6.60. The fourth-order valence-electron chi connectivity index (χ4n) is 2.03. The van der Waals surface area contributed by atoms with Gasteiger partial charge in [0.25, 0.3) is 0 Å². The smallest absolute Gasteiger partial charge is 0.161 e. The van der Waals surface area contributed by atoms with Crippen molar-refractivity contribution in [3.8, 4) is 22.1 Å². The van der Waals surface area contributed by atoms with E-state index in [1.165, 1.54) is 12.8 Å². The maximum atomic E-state index is 5.33. The zero-order chi connectivity index (χ0) is 13.9. The molecule has 2 aromatic rings. The van der Waals surface area contributed by atoms with Gasteiger partial charge in [-0.3, -0.25) is 0 Å². The Morgan fingerprint density at radius 2 is 2.05 bits per heavy atom. The van der Waals surface area contributed by atoms with Crippen molar-refractivity contribution in [2.75, 3.05) is 14.2 Å². The number of rotatable bonds is 6. The maximum Gasteiger partial charge on any atom is 0.161 e. The minimum Gasteiger partial charge on any atom is -0.493 e. The lowest BCUT2D eigenvalue weighted by atomic mass is 10.2. The van der Waals surface area contributed by atoms with Crippen molar-refractivity contribution in [2.45, 2.75) is 25.4 Å². The molecule has 1 aromatic heterocycles. The number of benzene rings is 1. The van der Waals surface area contributed by atoms with Crippen molar-refractivity contribution in [1.82, 2.24) is 10.3 Å². The molecule has 1 aromatic carbocycles. The highest BCUT2D eigenvalue weighted by Crippen LogP contribution is 2.33. The topological polar surface area (TPSA) is 43.4 Å². The molecule has 1 aliphatic carbocycles. The lowest BCUT2D eigenvalue weighted by Gasteiger charge is -2.08. The average Bonchev–Trinajstić information content (AvgIpc) is 3.21. The standard InChI is InChI=1S/C15H18N2O2S/c1-18-13-6-3-10(7-14(13)19-2)15-17-12(9-20-15)8-16-11-4-5-11/h3,6-7,9,11,16H,4-5,8H2,1-2H3. The van der Waals surface area contributed by atoms with Crippen LogP contribution in [0.3, 0.4) is 0 Å². The minimum absolute atomic E-state index is 0.709. The van der Waals surface area contributed by atoms with Crippen LogP contribution < -0.4 is 14.8 Å². The van der Waals surface area contributed by atoms with Gasteiger partial charge in [0.15, 0.2) is 11.5 Å². The van der Waals surface area contributed by atoms with Crippen molar-refractivity contribution < 1.29 is 9.47 Å². The predicted molar refractivity (Wildman–Crippen MR) is 80.5 cm³/mol. The first kappa shape index (κ1) is 13.4. The Bertz CT molecular complexity index is 593. The molecule has 1 heterocycles. The predicted octanol–water partition coefficient (Wildman–Crippen LogP) is 3.08. The van der Waals surface area contributed by atoms with Crippen molar-refractivity contribution in [3.63, 3.8) is 0 Å². The molecule has 0 aliphatic heterocycles. The monoisotopic (exact) mass is 290 g/mol. The van der Waals surface area contributed by atoms with Crippen molar-refractivity contribution in [2.24, 2.45) is 0 Å². The van der Waals surface area contributed by atoms with Crippen LogP contribution in [-0.4, -0.2) is 25.2 Å². The molecular formula is C15H18N2O2S. The van der Waals surface area contributed by atoms with Gasteiger partial charge in [-0.1, -0.05) is 0 Å². The molecule has 106 valence electrons. The number of methoxy groups -OCH3 is 2. The summed E-state index contributed by atoms with van der Waals surface area (Å²) >= 11 is 1.66. The van der Waals surface area contributed by atoms with Gasteiger partial charge in [0.1, 0.15) is 5.01 Å². The summed E-state index contributed by atoms with van der Waals surface area (Å²) in [7, 11) is 3.29. The van der Waals surface area contributed by atoms with Crippen molar-refractivity contribution in [1.29, 1.82) is 0 Å². The quantitative estimate of drug-likeness (QED) is 0.888. The van der Waals surface area contributed by atoms with Crippen LogP contribution in [0.4, 0.5) is 0 Å². The second-order valence-corrected chi connectivity index (χ2v) is 5.73. The van der Waals surface area contributed by atoms with Crippen LogP contribution in [0.5, 0.6) is 11.5 Å². The van der Waals surface area contributed by atoms with E-state index in [1.807, 2.05) is 18.2 Å². The molecule has 0 radical (unpaired) electrons. The normalized spacial score (nSPS) is 14.3. The van der Waals surface area contributed by atoms with Crippen molar-refractivity contribution >= 4 is 11.3 Å². The van der Waals surface area contributed by atoms with Crippen LogP contribution in [0.2, 0.25) is 0 Å². The van der Waals surface area contributed by atoms with Gasteiger partial charge >= 0.3 is 0 Å². The van der Waals surface area contributed by atoms with Gasteiger partial charge in [0.05, 0.1) is 19.9 Å². The fourth-order valence-corrected chi connectivity index (χ4v) is 2.84. The molecule has 4 nitrogen and oxygen atoms in total. The summed E-state index contributed by atoms with van der Waals surface area (Å²) in [5.74, 6) is 1.47. The van der Waals surface area contributed by atoms with Gasteiger partial charge in [-0.05, 0) is 31.0 Å². The number of nitrogens with zero attached hydrogens (tertiary/aromatic N) is 1. The second-order valence-electron chi connectivity index (χ2n) is 4.87. The molecule has 5 heteroatoms. The highest BCUT2D eigenvalue weighted by molar-refractivity contribution is 7.13. The second kappa shape index (κ2) is 5.81. The molecule has 0 bridgehead atoms. The van der Waals surface area contributed by atoms with E-state index in [-0.39, 0.29) is 0 Å². The van der Waals surface area contributed by atoms with E-state index < -0.39 is 0 Å². The van der Waals surface area contributed by atoms with Gasteiger partial charge in [-0.25, -0.2) is 4.98 Å². The molecule has 0 saturated heterocycles. The van der Waals surface area contributed by atoms with E-state index in [4.69, 9.17) is 9.47 Å². The summed E-state index contributed by atoms with van der Waals surface area (Å²) in [5.41, 5.74) is 2.16. The van der Waals surface area contributed by atoms with Gasteiger partial charge in [0, 0.05) is 23.5 Å². The number of aromatic nitrogens is 1. The lowest BCUT2D eigenvalue weighted by Crippen LogP contribution is -2.15. The molecule has 0 unspecified atom stereocenters. The van der Waals surface area contributed by atoms with Crippen LogP contribution in [-0.2, 0) is 6.54 Å². The summed E-state index contributed by atoms with van der Waals surface area (Å²) in [6.45, 7) is 0.856. The Balaban J connectivity index is 1.77. The minimum atomic E-state index is 0.709. The highest BCUT2D eigenvalue weighted by Gasteiger charge is 2.20. The molecule has 1 saturated carbocycles. The largest absolute Gasteiger partial charge is 0.493 e. The number of thiazole rings is 1. The van der Waals surface area contributed by atoms with Crippen LogP contribution in [0.25, 0.3) is 10.6 Å². The van der Waals surface area contributed by atoms with Crippen LogP contribution in [0.1, 0.15) is 18.5 Å². The number of nitrogens with one attached hydrogen (secondary N) is 1. The fraction of sp³-hybridized carbons (Fsp3) is 0.400. The number of hydrogen-bond donors (Lipinski definition) is 1. The van der Waals surface area contributed by atoms with E-state index in [1.54, 1.807) is 25.6 Å². The van der Waals surface area contributed by atoms with Gasteiger partial charge < -0.3 is 14.8 Å². The molecule has 1 N–H and O–H groups in total. The lowest BCUT2D eigenvalue weighted by molar-refractivity contribution is 0.355. The van der Waals surface area contributed by atoms with Crippen LogP contribution >= 0.6 is 11.3 Å². The first-order valence-electron chi connectivity index (χ1n) is 6.70. The summed E-state index contributed by atoms with van der Waals surface area (Å²) in [6, 6.07) is 6.60. The Morgan fingerprint density at radius 3 is 2.75 bits per heavy atom. The maximum absolute atomic E-state index is 5.33. The Labute approximate surface area is 122 Å². The SMILES string of the molecule is COc1ccc(-c2nc(CNC3CC3)cs2)cc1OC. The van der Waals surface area contributed by atoms with Crippen LogP contribution in [0, 0.1) is 0 Å². The molecule has 0 amide bonds. The van der Waals surface area contributed by atoms with Gasteiger partial charge in [0.2, 0.25) is 0 Å². The third-order valence-corrected chi connectivity index (χ3v) is 4.27. The zero-order valence-corrected chi connectivity index (χ0v) is 12.5. The van der Waals surface area contributed by atoms with E-state index in [2.05, 4.69) is 15.7 Å². The third kappa shape index (κ3) is 2.94. The van der Waals surface area contributed by atoms with E-state index in [0.29, 0.717) is 6.04 Å². The summed E-state index contributed by atoms with van der Waals surface area (Å²) in [6.07, 6.45) is 2.60. The molecule has 0 atom stereocenters. The molecule has 1 aliphatic rings. The highest BCUT2D eigenvalue weighted by atomic mass is 32.1. The van der Waals surface area contributed by atoms with Crippen LogP contribution in [0.15, 0.2) is 23.6 Å². The Morgan fingerprint density at radius 1 is 1.25 bits per heavy atom. The zero-order valence-electron chi connectivity index (χ0n) is 11.7. The van der Waals surface area contributed by atoms with E-state index in [0.717, 1.165) is 34.3 Å². The Kier molecular flexibility index (Phi) is 3.89. The molecule has 20 heavy (non-hydrogen) atoms. The van der Waals surface area contributed by atoms with Gasteiger partial charge in [-0.2, -0.15) is 0 Å². The summed E-state index contributed by atoms with van der Waals surface area (Å²) in [4.78, 5) is 4.67. The van der Waals surface area contributed by atoms with Crippen molar-refractivity contribution in [3.05, 3.63) is 29.3 Å². The average molecular weight is 290 g/mol. The molecule has 3 rings (SSSR count). The molecule has 1 fully saturated rings. The molecular weight excluding hydrogens is 272 g/mol. The third-order valence-electron chi connectivity index (χ3n) is 3.33. The summed E-state index contributed by atoms with van der Waals surface area (Å²) < 4.78 is 10.6. The van der Waals surface area contributed by atoms with E-state index in [9.17, 15) is 0 Å². The first-order chi connectivity index (χ1) is 9.80. The number of ether oxygens (including phenoxy) is 2. The Hall–Kier alpha value is -1.59. The van der Waals surface area contributed by atoms with Gasteiger partial charge in [-0.15, -0.1) is 11.3 Å². The first-order valence-corrected chi connectivity index (χ1v) is 7.58. The number of hydrogen-bond acceptors (Lipinski definition) is 5. The van der Waals surface area contributed by atoms with E-state index >= 15 is 0 Å². The molecule has 0 spiro atoms.